The Balaban J connectivity index is 2.90. The topological polar surface area (TPSA) is 86.2 Å². The summed E-state index contributed by atoms with van der Waals surface area (Å²) >= 11 is 4.91. The summed E-state index contributed by atoms with van der Waals surface area (Å²) in [5.41, 5.74) is 7.26. The Morgan fingerprint density at radius 3 is 2.65 bits per heavy atom. The van der Waals surface area contributed by atoms with E-state index < -0.39 is 14.6 Å². The molecule has 7 heteroatoms. The molecule has 20 heavy (non-hydrogen) atoms. The van der Waals surface area contributed by atoms with Crippen LogP contribution < -0.4 is 5.73 Å². The number of hydrogen-bond donors (Lipinski definition) is 1. The maximum atomic E-state index is 11.9. The normalized spacial score (nSPS) is 15.9. The maximum absolute atomic E-state index is 11.9. The second kappa shape index (κ2) is 6.05. The number of nitrogens with two attached hydrogens (primary N) is 1. The van der Waals surface area contributed by atoms with Gasteiger partial charge in [-0.1, -0.05) is 23.5 Å². The van der Waals surface area contributed by atoms with Gasteiger partial charge in [-0.15, -0.1) is 0 Å². The molecule has 1 heterocycles. The van der Waals surface area contributed by atoms with Crippen molar-refractivity contribution in [3.8, 4) is 0 Å². The van der Waals surface area contributed by atoms with Gasteiger partial charge in [0.05, 0.1) is 10.7 Å². The lowest BCUT2D eigenvalue weighted by Crippen LogP contribution is -2.46. The van der Waals surface area contributed by atoms with Gasteiger partial charge in [-0.2, -0.15) is 0 Å². The zero-order valence-corrected chi connectivity index (χ0v) is 13.8. The van der Waals surface area contributed by atoms with Crippen LogP contribution in [-0.2, 0) is 16.3 Å². The Hall–Kier alpha value is -1.21. The fourth-order valence-corrected chi connectivity index (χ4v) is 3.01. The molecule has 112 valence electrons. The van der Waals surface area contributed by atoms with Gasteiger partial charge in [0.1, 0.15) is 4.75 Å². The van der Waals surface area contributed by atoms with E-state index in [2.05, 4.69) is 5.16 Å². The summed E-state index contributed by atoms with van der Waals surface area (Å²) in [6, 6.07) is 1.80. The first-order valence-corrected chi connectivity index (χ1v) is 8.50. The molecule has 1 atom stereocenters. The molecular formula is C13H20N2O3S2. The predicted octanol–water partition coefficient (Wildman–Crippen LogP) is 2.12. The molecule has 0 amide bonds. The van der Waals surface area contributed by atoms with Crippen molar-refractivity contribution in [1.29, 1.82) is 0 Å². The summed E-state index contributed by atoms with van der Waals surface area (Å²) in [7, 11) is -3.38. The molecule has 0 aliphatic rings. The Bertz CT molecular complexity index is 632. The summed E-state index contributed by atoms with van der Waals surface area (Å²) in [4.78, 5) is -0.0200. The third-order valence-electron chi connectivity index (χ3n) is 3.58. The molecule has 0 fully saturated rings. The van der Waals surface area contributed by atoms with Gasteiger partial charge < -0.3 is 10.3 Å². The smallest absolute Gasteiger partial charge is 0.162 e. The van der Waals surface area contributed by atoms with Crippen LogP contribution in [0.1, 0.15) is 38.6 Å². The van der Waals surface area contributed by atoms with Gasteiger partial charge in [-0.25, -0.2) is 8.42 Å². The highest BCUT2D eigenvalue weighted by Gasteiger charge is 2.38. The second-order valence-electron chi connectivity index (χ2n) is 5.02. The average Bonchev–Trinajstić information content (AvgIpc) is 2.82. The van der Waals surface area contributed by atoms with E-state index in [1.54, 1.807) is 13.0 Å². The first-order chi connectivity index (χ1) is 9.11. The van der Waals surface area contributed by atoms with Gasteiger partial charge in [0.25, 0.3) is 0 Å². The molecular weight excluding hydrogens is 296 g/mol. The van der Waals surface area contributed by atoms with Crippen molar-refractivity contribution >= 4 is 32.6 Å². The van der Waals surface area contributed by atoms with Crippen LogP contribution in [-0.4, -0.2) is 29.6 Å². The molecule has 0 radical (unpaired) electrons. The zero-order chi connectivity index (χ0) is 15.6. The van der Waals surface area contributed by atoms with Gasteiger partial charge in [0.2, 0.25) is 0 Å². The molecule has 1 aromatic rings. The summed E-state index contributed by atoms with van der Waals surface area (Å²) in [5.74, 6) is 0.680. The molecule has 1 aromatic heterocycles. The Morgan fingerprint density at radius 2 is 2.20 bits per heavy atom. The first kappa shape index (κ1) is 16.8. The maximum Gasteiger partial charge on any atom is 0.162 e. The number of hydrogen-bond acceptors (Lipinski definition) is 5. The van der Waals surface area contributed by atoms with Gasteiger partial charge in [0.15, 0.2) is 15.6 Å². The number of allylic oxidation sites excluding steroid dienone is 2. The minimum absolute atomic E-state index is 0.0200. The fourth-order valence-electron chi connectivity index (χ4n) is 1.62. The van der Waals surface area contributed by atoms with Crippen LogP contribution in [0.4, 0.5) is 0 Å². The molecule has 0 saturated carbocycles. The van der Waals surface area contributed by atoms with Crippen molar-refractivity contribution < 1.29 is 12.9 Å². The highest BCUT2D eigenvalue weighted by molar-refractivity contribution is 7.94. The highest BCUT2D eigenvalue weighted by atomic mass is 32.2. The van der Waals surface area contributed by atoms with E-state index in [4.69, 9.17) is 22.5 Å². The number of aryl methyl sites for hydroxylation is 1. The highest BCUT2D eigenvalue weighted by Crippen LogP contribution is 2.24. The van der Waals surface area contributed by atoms with E-state index in [1.807, 2.05) is 19.9 Å². The average molecular weight is 316 g/mol. The lowest BCUT2D eigenvalue weighted by Gasteiger charge is -2.25. The molecule has 0 aliphatic carbocycles. The number of nitrogens with zero attached hydrogens (tertiary/aromatic N) is 1. The van der Waals surface area contributed by atoms with Gasteiger partial charge in [-0.3, -0.25) is 0 Å². The lowest BCUT2D eigenvalue weighted by atomic mass is 10.0. The van der Waals surface area contributed by atoms with Gasteiger partial charge >= 0.3 is 0 Å². The van der Waals surface area contributed by atoms with Crippen LogP contribution in [0.5, 0.6) is 0 Å². The molecule has 0 bridgehead atoms. The van der Waals surface area contributed by atoms with Crippen molar-refractivity contribution in [2.45, 2.75) is 38.4 Å². The molecule has 5 nitrogen and oxygen atoms in total. The molecule has 2 N–H and O–H groups in total. The van der Waals surface area contributed by atoms with Crippen molar-refractivity contribution in [3.05, 3.63) is 23.6 Å². The lowest BCUT2D eigenvalue weighted by molar-refractivity contribution is 0.401. The number of rotatable bonds is 6. The largest absolute Gasteiger partial charge is 0.392 e. The van der Waals surface area contributed by atoms with Crippen LogP contribution in [0.25, 0.3) is 5.57 Å². The molecule has 1 rings (SSSR count). The Kier molecular flexibility index (Phi) is 5.10. The molecule has 0 spiro atoms. The molecule has 0 aliphatic heterocycles. The van der Waals surface area contributed by atoms with E-state index in [1.165, 1.54) is 0 Å². The second-order valence-corrected chi connectivity index (χ2v) is 7.91. The van der Waals surface area contributed by atoms with Gasteiger partial charge in [-0.05, 0) is 39.2 Å². The van der Waals surface area contributed by atoms with E-state index in [-0.39, 0.29) is 11.4 Å². The van der Waals surface area contributed by atoms with Crippen molar-refractivity contribution in [2.24, 2.45) is 5.73 Å². The summed E-state index contributed by atoms with van der Waals surface area (Å²) in [6.07, 6.45) is 3.77. The third-order valence-corrected chi connectivity index (χ3v) is 6.22. The molecule has 1 unspecified atom stereocenters. The van der Waals surface area contributed by atoms with Crippen LogP contribution in [0.15, 0.2) is 16.7 Å². The van der Waals surface area contributed by atoms with Crippen molar-refractivity contribution in [1.82, 2.24) is 5.16 Å². The quantitative estimate of drug-likeness (QED) is 0.809. The third kappa shape index (κ3) is 3.46. The molecule has 0 saturated heterocycles. The van der Waals surface area contributed by atoms with Gasteiger partial charge in [0, 0.05) is 12.3 Å². The van der Waals surface area contributed by atoms with Crippen LogP contribution in [0.3, 0.4) is 0 Å². The summed E-state index contributed by atoms with van der Waals surface area (Å²) in [5, 5.41) is 3.93. The predicted molar refractivity (Wildman–Crippen MR) is 84.2 cm³/mol. The minimum atomic E-state index is -3.38. The van der Waals surface area contributed by atoms with E-state index >= 15 is 0 Å². The number of thiocarbonyl (C=S) groups is 1. The van der Waals surface area contributed by atoms with E-state index in [0.717, 1.165) is 11.8 Å². The fraction of sp³-hybridized carbons (Fsp3) is 0.538. The van der Waals surface area contributed by atoms with Crippen LogP contribution in [0.2, 0.25) is 0 Å². The summed E-state index contributed by atoms with van der Waals surface area (Å²) < 4.78 is 27.7. The Labute approximate surface area is 125 Å². The monoisotopic (exact) mass is 316 g/mol. The summed E-state index contributed by atoms with van der Waals surface area (Å²) in [6.45, 7) is 5.37. The molecule has 0 aromatic carbocycles. The Morgan fingerprint density at radius 1 is 1.60 bits per heavy atom. The minimum Gasteiger partial charge on any atom is -0.392 e. The van der Waals surface area contributed by atoms with E-state index in [9.17, 15) is 8.42 Å². The SMILES string of the molecule is C/C=C(\C)c1cc(CCC(C)(C(N)=S)S(C)(=O)=O)no1. The standard InChI is InChI=1S/C13H20N2O3S2/c1-5-9(2)11-8-10(15-18-11)6-7-13(3,12(14)19)20(4,16)17/h5,8H,6-7H2,1-4H3,(H2,14,19)/b9-5+. The van der Waals surface area contributed by atoms with E-state index in [0.29, 0.717) is 17.9 Å². The number of sulfone groups is 1. The van der Waals surface area contributed by atoms with Crippen LogP contribution >= 0.6 is 12.2 Å². The van der Waals surface area contributed by atoms with Crippen LogP contribution in [0, 0.1) is 0 Å². The number of aromatic nitrogens is 1. The first-order valence-electron chi connectivity index (χ1n) is 6.20. The zero-order valence-electron chi connectivity index (χ0n) is 12.1. The van der Waals surface area contributed by atoms with Crippen molar-refractivity contribution in [2.75, 3.05) is 6.26 Å². The van der Waals surface area contributed by atoms with Crippen molar-refractivity contribution in [3.63, 3.8) is 0 Å².